The highest BCUT2D eigenvalue weighted by Gasteiger charge is 2.31. The van der Waals surface area contributed by atoms with Crippen molar-refractivity contribution in [2.45, 2.75) is 56.5 Å². The van der Waals surface area contributed by atoms with Crippen LogP contribution in [-0.4, -0.2) is 92.1 Å². The molecule has 0 radical (unpaired) electrons. The molecule has 0 aromatic carbocycles. The van der Waals surface area contributed by atoms with E-state index in [4.69, 9.17) is 21.1 Å². The van der Waals surface area contributed by atoms with Crippen LogP contribution in [0.2, 0.25) is 0 Å². The molecule has 0 aromatic heterocycles. The van der Waals surface area contributed by atoms with Crippen molar-refractivity contribution in [3.05, 3.63) is 0 Å². The Morgan fingerprint density at radius 1 is 0.839 bits per heavy atom. The lowest BCUT2D eigenvalue weighted by Crippen LogP contribution is -2.58. The van der Waals surface area contributed by atoms with Crippen LogP contribution >= 0.6 is 12.6 Å². The van der Waals surface area contributed by atoms with Gasteiger partial charge in [-0.3, -0.25) is 24.0 Å². The molecule has 0 aromatic rings. The SMILES string of the molecule is CC(O)C(N)C(=O)NC(CC(=O)O)C(=O)NC(CS)C(=O)NC(CCC(=O)O)C(=O)O. The van der Waals surface area contributed by atoms with Gasteiger partial charge in [-0.2, -0.15) is 12.6 Å². The number of nitrogens with one attached hydrogen (secondary N) is 3. The number of aliphatic hydroxyl groups is 1. The second-order valence-electron chi connectivity index (χ2n) is 6.50. The molecule has 5 unspecified atom stereocenters. The van der Waals surface area contributed by atoms with Crippen LogP contribution in [0.4, 0.5) is 0 Å². The first-order chi connectivity index (χ1) is 14.3. The fourth-order valence-electron chi connectivity index (χ4n) is 2.13. The summed E-state index contributed by atoms with van der Waals surface area (Å²) in [7, 11) is 0. The molecule has 0 fully saturated rings. The molecule has 0 saturated heterocycles. The molecule has 0 aliphatic heterocycles. The summed E-state index contributed by atoms with van der Waals surface area (Å²) in [5.74, 6) is -7.68. The number of carbonyl (C=O) groups is 6. The van der Waals surface area contributed by atoms with E-state index in [1.807, 2.05) is 0 Å². The highest BCUT2D eigenvalue weighted by atomic mass is 32.1. The van der Waals surface area contributed by atoms with Crippen molar-refractivity contribution in [1.82, 2.24) is 16.0 Å². The largest absolute Gasteiger partial charge is 0.481 e. The Hall–Kier alpha value is -2.91. The second kappa shape index (κ2) is 13.4. The number of nitrogens with two attached hydrogens (primary N) is 1. The molecule has 15 heteroatoms. The number of hydrogen-bond acceptors (Lipinski definition) is 9. The highest BCUT2D eigenvalue weighted by molar-refractivity contribution is 7.80. The predicted molar refractivity (Wildman–Crippen MR) is 106 cm³/mol. The number of carboxylic acid groups (broad SMARTS) is 3. The number of carbonyl (C=O) groups excluding carboxylic acids is 3. The molecule has 0 spiro atoms. The minimum absolute atomic E-state index is 0.330. The second-order valence-corrected chi connectivity index (χ2v) is 6.87. The molecule has 0 saturated carbocycles. The third-order valence-corrected chi connectivity index (χ3v) is 4.28. The van der Waals surface area contributed by atoms with Crippen LogP contribution in [-0.2, 0) is 28.8 Å². The van der Waals surface area contributed by atoms with Crippen LogP contribution in [0, 0.1) is 0 Å². The first-order valence-electron chi connectivity index (χ1n) is 8.92. The van der Waals surface area contributed by atoms with Crippen molar-refractivity contribution in [3.63, 3.8) is 0 Å². The molecule has 0 rings (SSSR count). The normalized spacial score (nSPS) is 15.5. The van der Waals surface area contributed by atoms with Gasteiger partial charge in [0, 0.05) is 12.2 Å². The standard InChI is InChI=1S/C16H26N4O10S/c1-6(21)12(17)15(28)19-8(4-11(24)25)13(26)20-9(5-31)14(27)18-7(16(29)30)2-3-10(22)23/h6-9,12,21,31H,2-5,17H2,1H3,(H,18,27)(H,19,28)(H,20,26)(H,22,23)(H,24,25)(H,29,30). The van der Waals surface area contributed by atoms with E-state index < -0.39 is 85.2 Å². The van der Waals surface area contributed by atoms with Gasteiger partial charge in [0.15, 0.2) is 0 Å². The summed E-state index contributed by atoms with van der Waals surface area (Å²) in [5.41, 5.74) is 5.43. The monoisotopic (exact) mass is 466 g/mol. The van der Waals surface area contributed by atoms with Crippen molar-refractivity contribution in [2.75, 3.05) is 5.75 Å². The number of amides is 3. The molecule has 0 heterocycles. The van der Waals surface area contributed by atoms with E-state index in [9.17, 15) is 33.9 Å². The average Bonchev–Trinajstić information content (AvgIpc) is 2.66. The Morgan fingerprint density at radius 2 is 1.32 bits per heavy atom. The molecule has 0 bridgehead atoms. The Kier molecular flexibility index (Phi) is 12.1. The van der Waals surface area contributed by atoms with E-state index in [0.717, 1.165) is 0 Å². The van der Waals surface area contributed by atoms with Gasteiger partial charge in [-0.25, -0.2) is 4.79 Å². The zero-order valence-electron chi connectivity index (χ0n) is 16.5. The fraction of sp³-hybridized carbons (Fsp3) is 0.625. The minimum Gasteiger partial charge on any atom is -0.481 e. The molecule has 31 heavy (non-hydrogen) atoms. The number of hydrogen-bond donors (Lipinski definition) is 9. The third-order valence-electron chi connectivity index (χ3n) is 3.91. The van der Waals surface area contributed by atoms with Crippen molar-refractivity contribution < 1.29 is 49.2 Å². The summed E-state index contributed by atoms with van der Waals surface area (Å²) >= 11 is 3.88. The third kappa shape index (κ3) is 10.6. The van der Waals surface area contributed by atoms with Gasteiger partial charge in [0.25, 0.3) is 0 Å². The van der Waals surface area contributed by atoms with Gasteiger partial charge in [0.1, 0.15) is 24.2 Å². The highest BCUT2D eigenvalue weighted by Crippen LogP contribution is 2.02. The van der Waals surface area contributed by atoms with Gasteiger partial charge in [-0.15, -0.1) is 0 Å². The average molecular weight is 466 g/mol. The Bertz CT molecular complexity index is 702. The van der Waals surface area contributed by atoms with Crippen LogP contribution in [0.3, 0.4) is 0 Å². The van der Waals surface area contributed by atoms with Gasteiger partial charge in [-0.05, 0) is 13.3 Å². The Balaban J connectivity index is 5.26. The summed E-state index contributed by atoms with van der Waals surface area (Å²) in [6, 6.07) is -6.09. The lowest BCUT2D eigenvalue weighted by atomic mass is 10.1. The molecule has 14 nitrogen and oxygen atoms in total. The van der Waals surface area contributed by atoms with Crippen molar-refractivity contribution in [3.8, 4) is 0 Å². The van der Waals surface area contributed by atoms with E-state index in [0.29, 0.717) is 0 Å². The lowest BCUT2D eigenvalue weighted by molar-refractivity contribution is -0.144. The molecule has 9 N–H and O–H groups in total. The maximum Gasteiger partial charge on any atom is 0.326 e. The van der Waals surface area contributed by atoms with Crippen LogP contribution in [0.1, 0.15) is 26.2 Å². The molecular formula is C16H26N4O10S. The van der Waals surface area contributed by atoms with Crippen molar-refractivity contribution >= 4 is 48.3 Å². The Labute approximate surface area is 182 Å². The Morgan fingerprint density at radius 3 is 1.74 bits per heavy atom. The van der Waals surface area contributed by atoms with Crippen molar-refractivity contribution in [1.29, 1.82) is 0 Å². The van der Waals surface area contributed by atoms with Gasteiger partial charge in [0.05, 0.1) is 12.5 Å². The van der Waals surface area contributed by atoms with Gasteiger partial charge < -0.3 is 42.1 Å². The molecule has 176 valence electrons. The van der Waals surface area contributed by atoms with Gasteiger partial charge in [-0.1, -0.05) is 0 Å². The summed E-state index contributed by atoms with van der Waals surface area (Å²) in [4.78, 5) is 69.5. The number of aliphatic hydroxyl groups excluding tert-OH is 1. The topological polar surface area (TPSA) is 245 Å². The van der Waals surface area contributed by atoms with E-state index >= 15 is 0 Å². The van der Waals surface area contributed by atoms with E-state index in [1.165, 1.54) is 6.92 Å². The molecular weight excluding hydrogens is 440 g/mol. The maximum atomic E-state index is 12.4. The predicted octanol–water partition coefficient (Wildman–Crippen LogP) is -3.50. The molecule has 0 aliphatic carbocycles. The quantitative estimate of drug-likeness (QED) is 0.114. The molecule has 3 amide bonds. The molecule has 0 aliphatic rings. The molecule has 5 atom stereocenters. The van der Waals surface area contributed by atoms with Gasteiger partial charge in [0.2, 0.25) is 17.7 Å². The summed E-state index contributed by atoms with van der Waals surface area (Å²) in [6.07, 6.45) is -3.12. The number of thiol groups is 1. The van der Waals surface area contributed by atoms with E-state index in [2.05, 4.69) is 28.6 Å². The zero-order chi connectivity index (χ0) is 24.3. The van der Waals surface area contributed by atoms with Crippen LogP contribution in [0.5, 0.6) is 0 Å². The van der Waals surface area contributed by atoms with Crippen LogP contribution in [0.25, 0.3) is 0 Å². The number of aliphatic carboxylic acids is 3. The number of rotatable bonds is 14. The first-order valence-corrected chi connectivity index (χ1v) is 9.55. The minimum atomic E-state index is -1.66. The van der Waals surface area contributed by atoms with Gasteiger partial charge >= 0.3 is 17.9 Å². The summed E-state index contributed by atoms with van der Waals surface area (Å²) < 4.78 is 0. The van der Waals surface area contributed by atoms with E-state index in [1.54, 1.807) is 0 Å². The fourth-order valence-corrected chi connectivity index (χ4v) is 2.39. The van der Waals surface area contributed by atoms with Crippen LogP contribution < -0.4 is 21.7 Å². The van der Waals surface area contributed by atoms with Crippen LogP contribution in [0.15, 0.2) is 0 Å². The zero-order valence-corrected chi connectivity index (χ0v) is 17.4. The summed E-state index contributed by atoms with van der Waals surface area (Å²) in [5, 5.41) is 42.3. The smallest absolute Gasteiger partial charge is 0.326 e. The summed E-state index contributed by atoms with van der Waals surface area (Å²) in [6.45, 7) is 1.21. The number of carboxylic acids is 3. The van der Waals surface area contributed by atoms with Crippen molar-refractivity contribution in [2.24, 2.45) is 5.73 Å². The lowest BCUT2D eigenvalue weighted by Gasteiger charge is -2.24. The maximum absolute atomic E-state index is 12.4. The first kappa shape index (κ1) is 28.1. The van der Waals surface area contributed by atoms with E-state index in [-0.39, 0.29) is 5.75 Å².